The third-order valence-corrected chi connectivity index (χ3v) is 3.59. The zero-order chi connectivity index (χ0) is 16.0. The Kier molecular flexibility index (Phi) is 5.72. The number of carbonyl (C=O) groups excluding carboxylic acids is 2. The summed E-state index contributed by atoms with van der Waals surface area (Å²) in [5.74, 6) is 0.703. The number of hydrogen-bond donors (Lipinski definition) is 2. The number of amides is 1. The van der Waals surface area contributed by atoms with Crippen molar-refractivity contribution in [1.29, 1.82) is 0 Å². The van der Waals surface area contributed by atoms with Gasteiger partial charge in [-0.25, -0.2) is 18.4 Å². The van der Waals surface area contributed by atoms with Crippen molar-refractivity contribution in [3.8, 4) is 12.3 Å². The fourth-order valence-corrected chi connectivity index (χ4v) is 2.33. The first-order valence-electron chi connectivity index (χ1n) is 5.45. The first-order valence-corrected chi connectivity index (χ1v) is 7.37. The van der Waals surface area contributed by atoms with E-state index in [9.17, 15) is 18.0 Å². The number of nitrogens with two attached hydrogens (primary N) is 1. The molecular weight excluding hydrogens is 320 g/mol. The van der Waals surface area contributed by atoms with E-state index in [0.29, 0.717) is 0 Å². The lowest BCUT2D eigenvalue weighted by atomic mass is 10.2. The number of nitrogens with one attached hydrogen (secondary N) is 1. The molecule has 0 aromatic heterocycles. The standard InChI is InChI=1S/C12H11ClN2O5S/c1-2-5-15-11(16)7-20-12(17)8-3-4-9(13)10(6-8)21(14,18)19/h1,3-4,6H,5,7H2,(H,15,16)(H2,14,18,19). The first kappa shape index (κ1) is 17.0. The molecule has 3 N–H and O–H groups in total. The summed E-state index contributed by atoms with van der Waals surface area (Å²) in [6.07, 6.45) is 4.94. The summed E-state index contributed by atoms with van der Waals surface area (Å²) in [7, 11) is -4.07. The molecule has 0 aliphatic carbocycles. The number of terminal acetylenes is 1. The van der Waals surface area contributed by atoms with Gasteiger partial charge in [-0.3, -0.25) is 4.79 Å². The Hall–Kier alpha value is -2.08. The molecule has 0 atom stereocenters. The number of benzene rings is 1. The summed E-state index contributed by atoms with van der Waals surface area (Å²) in [5, 5.41) is 7.13. The van der Waals surface area contributed by atoms with E-state index in [2.05, 4.69) is 11.2 Å². The fraction of sp³-hybridized carbons (Fsp3) is 0.167. The van der Waals surface area contributed by atoms with E-state index < -0.39 is 33.4 Å². The molecule has 0 saturated carbocycles. The lowest BCUT2D eigenvalue weighted by Gasteiger charge is -2.07. The van der Waals surface area contributed by atoms with Gasteiger partial charge in [0.1, 0.15) is 4.90 Å². The van der Waals surface area contributed by atoms with Crippen molar-refractivity contribution < 1.29 is 22.7 Å². The molecule has 21 heavy (non-hydrogen) atoms. The van der Waals surface area contributed by atoms with Gasteiger partial charge in [-0.1, -0.05) is 17.5 Å². The molecule has 1 aromatic carbocycles. The van der Waals surface area contributed by atoms with Crippen LogP contribution in [0, 0.1) is 12.3 Å². The Morgan fingerprint density at radius 1 is 1.43 bits per heavy atom. The third-order valence-electron chi connectivity index (χ3n) is 2.20. The van der Waals surface area contributed by atoms with E-state index in [0.717, 1.165) is 6.07 Å². The van der Waals surface area contributed by atoms with Crippen LogP contribution in [-0.2, 0) is 19.6 Å². The van der Waals surface area contributed by atoms with Crippen LogP contribution in [0.4, 0.5) is 0 Å². The molecule has 1 amide bonds. The van der Waals surface area contributed by atoms with Crippen LogP contribution >= 0.6 is 11.6 Å². The molecule has 0 aliphatic heterocycles. The Balaban J connectivity index is 2.81. The molecule has 0 heterocycles. The minimum absolute atomic E-state index is 0.00684. The minimum Gasteiger partial charge on any atom is -0.452 e. The maximum atomic E-state index is 11.7. The first-order chi connectivity index (χ1) is 9.75. The van der Waals surface area contributed by atoms with Crippen LogP contribution in [0.5, 0.6) is 0 Å². The van der Waals surface area contributed by atoms with Crippen LogP contribution in [0.15, 0.2) is 23.1 Å². The summed E-state index contributed by atoms with van der Waals surface area (Å²) in [5.41, 5.74) is -0.104. The largest absolute Gasteiger partial charge is 0.452 e. The second kappa shape index (κ2) is 7.08. The number of carbonyl (C=O) groups is 2. The van der Waals surface area contributed by atoms with Gasteiger partial charge in [-0.15, -0.1) is 6.42 Å². The molecule has 0 unspecified atom stereocenters. The van der Waals surface area contributed by atoms with Crippen LogP contribution in [0.1, 0.15) is 10.4 Å². The van der Waals surface area contributed by atoms with Crippen molar-refractivity contribution in [2.24, 2.45) is 5.14 Å². The van der Waals surface area contributed by atoms with Crippen molar-refractivity contribution in [3.05, 3.63) is 28.8 Å². The maximum absolute atomic E-state index is 11.7. The summed E-state index contributed by atoms with van der Waals surface area (Å²) in [6.45, 7) is -0.541. The number of hydrogen-bond acceptors (Lipinski definition) is 5. The molecule has 9 heteroatoms. The van der Waals surface area contributed by atoms with E-state index in [1.807, 2.05) is 0 Å². The van der Waals surface area contributed by atoms with Crippen LogP contribution < -0.4 is 10.5 Å². The van der Waals surface area contributed by atoms with Gasteiger partial charge in [0, 0.05) is 0 Å². The Morgan fingerprint density at radius 2 is 2.10 bits per heavy atom. The highest BCUT2D eigenvalue weighted by molar-refractivity contribution is 7.89. The monoisotopic (exact) mass is 330 g/mol. The lowest BCUT2D eigenvalue weighted by molar-refractivity contribution is -0.123. The van der Waals surface area contributed by atoms with Gasteiger partial charge >= 0.3 is 5.97 Å². The zero-order valence-corrected chi connectivity index (χ0v) is 12.2. The Bertz CT molecular complexity index is 709. The van der Waals surface area contributed by atoms with Crippen LogP contribution in [0.2, 0.25) is 5.02 Å². The van der Waals surface area contributed by atoms with Gasteiger partial charge in [-0.2, -0.15) is 0 Å². The van der Waals surface area contributed by atoms with Gasteiger partial charge in [0.05, 0.1) is 17.1 Å². The number of primary sulfonamides is 1. The highest BCUT2D eigenvalue weighted by atomic mass is 35.5. The molecule has 0 radical (unpaired) electrons. The number of sulfonamides is 1. The number of ether oxygens (including phenoxy) is 1. The van der Waals surface area contributed by atoms with Crippen molar-refractivity contribution >= 4 is 33.5 Å². The molecule has 1 rings (SSSR count). The topological polar surface area (TPSA) is 116 Å². The molecule has 7 nitrogen and oxygen atoms in total. The smallest absolute Gasteiger partial charge is 0.338 e. The average Bonchev–Trinajstić information content (AvgIpc) is 2.41. The number of esters is 1. The molecule has 0 spiro atoms. The van der Waals surface area contributed by atoms with E-state index in [1.165, 1.54) is 12.1 Å². The summed E-state index contributed by atoms with van der Waals surface area (Å²) in [6, 6.07) is 3.41. The fourth-order valence-electron chi connectivity index (χ4n) is 1.26. The molecule has 0 bridgehead atoms. The van der Waals surface area contributed by atoms with E-state index in [4.69, 9.17) is 27.9 Å². The summed E-state index contributed by atoms with van der Waals surface area (Å²) >= 11 is 5.68. The van der Waals surface area contributed by atoms with Gasteiger partial charge in [0.15, 0.2) is 6.61 Å². The molecule has 0 saturated heterocycles. The summed E-state index contributed by atoms with van der Waals surface area (Å²) in [4.78, 5) is 22.5. The number of halogens is 1. The molecular formula is C12H11ClN2O5S. The second-order valence-electron chi connectivity index (χ2n) is 3.75. The predicted octanol–water partition coefficient (Wildman–Crippen LogP) is -0.106. The van der Waals surface area contributed by atoms with Crippen LogP contribution in [0.3, 0.4) is 0 Å². The molecule has 112 valence electrons. The zero-order valence-electron chi connectivity index (χ0n) is 10.6. The summed E-state index contributed by atoms with van der Waals surface area (Å²) < 4.78 is 27.2. The van der Waals surface area contributed by atoms with Gasteiger partial charge in [0.25, 0.3) is 5.91 Å². The maximum Gasteiger partial charge on any atom is 0.338 e. The predicted molar refractivity (Wildman–Crippen MR) is 75.0 cm³/mol. The van der Waals surface area contributed by atoms with Crippen LogP contribution in [-0.4, -0.2) is 33.4 Å². The Labute approximate surface area is 126 Å². The van der Waals surface area contributed by atoms with E-state index in [1.54, 1.807) is 0 Å². The van der Waals surface area contributed by atoms with Crippen molar-refractivity contribution in [1.82, 2.24) is 5.32 Å². The van der Waals surface area contributed by atoms with E-state index >= 15 is 0 Å². The molecule has 0 fully saturated rings. The SMILES string of the molecule is C#CCNC(=O)COC(=O)c1ccc(Cl)c(S(N)(=O)=O)c1. The van der Waals surface area contributed by atoms with Gasteiger partial charge in [-0.05, 0) is 18.2 Å². The molecule has 1 aromatic rings. The highest BCUT2D eigenvalue weighted by Crippen LogP contribution is 2.21. The molecule has 0 aliphatic rings. The quantitative estimate of drug-likeness (QED) is 0.577. The highest BCUT2D eigenvalue weighted by Gasteiger charge is 2.17. The average molecular weight is 331 g/mol. The number of rotatable bonds is 5. The lowest BCUT2D eigenvalue weighted by Crippen LogP contribution is -2.29. The van der Waals surface area contributed by atoms with Gasteiger partial charge < -0.3 is 10.1 Å². The van der Waals surface area contributed by atoms with Crippen LogP contribution in [0.25, 0.3) is 0 Å². The van der Waals surface area contributed by atoms with E-state index in [-0.39, 0.29) is 17.1 Å². The normalized spacial score (nSPS) is 10.5. The van der Waals surface area contributed by atoms with Crippen molar-refractivity contribution in [3.63, 3.8) is 0 Å². The van der Waals surface area contributed by atoms with Crippen molar-refractivity contribution in [2.45, 2.75) is 4.90 Å². The Morgan fingerprint density at radius 3 is 2.67 bits per heavy atom. The van der Waals surface area contributed by atoms with Crippen molar-refractivity contribution in [2.75, 3.05) is 13.2 Å². The third kappa shape index (κ3) is 5.07. The van der Waals surface area contributed by atoms with Gasteiger partial charge in [0.2, 0.25) is 10.0 Å². The minimum atomic E-state index is -4.07. The second-order valence-corrected chi connectivity index (χ2v) is 5.68.